The third-order valence-electron chi connectivity index (χ3n) is 2.21. The molecular formula is C13H21N3O3S. The fourth-order valence-electron chi connectivity index (χ4n) is 1.57. The number of likely N-dealkylation sites (N-methyl/N-ethyl adjacent to an activating group) is 1. The van der Waals surface area contributed by atoms with Crippen molar-refractivity contribution < 1.29 is 13.2 Å². The zero-order valence-corrected chi connectivity index (χ0v) is 13.0. The summed E-state index contributed by atoms with van der Waals surface area (Å²) in [6.45, 7) is 5.46. The highest BCUT2D eigenvalue weighted by molar-refractivity contribution is 7.89. The highest BCUT2D eigenvalue weighted by Crippen LogP contribution is 2.17. The van der Waals surface area contributed by atoms with Crippen molar-refractivity contribution in [2.75, 3.05) is 18.9 Å². The van der Waals surface area contributed by atoms with Crippen LogP contribution in [0.5, 0.6) is 0 Å². The van der Waals surface area contributed by atoms with Crippen LogP contribution in [0.25, 0.3) is 0 Å². The molecule has 20 heavy (non-hydrogen) atoms. The first-order valence-corrected chi connectivity index (χ1v) is 7.71. The largest absolute Gasteiger partial charge is 0.325 e. The predicted octanol–water partition coefficient (Wildman–Crippen LogP) is 0.921. The number of sulfonamides is 1. The number of benzene rings is 1. The monoisotopic (exact) mass is 299 g/mol. The van der Waals surface area contributed by atoms with Gasteiger partial charge in [-0.2, -0.15) is 0 Å². The first-order valence-electron chi connectivity index (χ1n) is 6.22. The topological polar surface area (TPSA) is 87.3 Å². The molecule has 0 aliphatic carbocycles. The fourth-order valence-corrected chi connectivity index (χ4v) is 3.03. The van der Waals surface area contributed by atoms with Gasteiger partial charge in [-0.25, -0.2) is 13.1 Å². The van der Waals surface area contributed by atoms with Gasteiger partial charge in [0, 0.05) is 11.2 Å². The summed E-state index contributed by atoms with van der Waals surface area (Å²) in [5, 5.41) is 5.35. The maximum atomic E-state index is 12.2. The van der Waals surface area contributed by atoms with Crippen LogP contribution >= 0.6 is 0 Å². The van der Waals surface area contributed by atoms with E-state index in [2.05, 4.69) is 15.4 Å². The van der Waals surface area contributed by atoms with Gasteiger partial charge in [-0.3, -0.25) is 4.79 Å². The van der Waals surface area contributed by atoms with Crippen molar-refractivity contribution >= 4 is 21.6 Å². The lowest BCUT2D eigenvalue weighted by Crippen LogP contribution is -2.40. The van der Waals surface area contributed by atoms with Gasteiger partial charge in [0.2, 0.25) is 15.9 Å². The number of carbonyl (C=O) groups is 1. The van der Waals surface area contributed by atoms with Gasteiger partial charge >= 0.3 is 0 Å². The van der Waals surface area contributed by atoms with Crippen molar-refractivity contribution in [3.05, 3.63) is 24.3 Å². The Bertz CT molecular complexity index is 577. The Morgan fingerprint density at radius 2 is 1.90 bits per heavy atom. The Morgan fingerprint density at radius 3 is 2.45 bits per heavy atom. The quantitative estimate of drug-likeness (QED) is 0.754. The zero-order chi connectivity index (χ0) is 15.4. The second-order valence-electron chi connectivity index (χ2n) is 5.46. The fraction of sp³-hybridized carbons (Fsp3) is 0.462. The van der Waals surface area contributed by atoms with E-state index in [4.69, 9.17) is 0 Å². The lowest BCUT2D eigenvalue weighted by atomic mass is 10.1. The molecule has 0 aliphatic heterocycles. The van der Waals surface area contributed by atoms with Crippen molar-refractivity contribution in [1.29, 1.82) is 0 Å². The third kappa shape index (κ3) is 5.28. The predicted molar refractivity (Wildman–Crippen MR) is 79.1 cm³/mol. The van der Waals surface area contributed by atoms with Crippen molar-refractivity contribution in [1.82, 2.24) is 10.0 Å². The van der Waals surface area contributed by atoms with E-state index in [-0.39, 0.29) is 17.3 Å². The van der Waals surface area contributed by atoms with Gasteiger partial charge in [0.25, 0.3) is 0 Å². The highest BCUT2D eigenvalue weighted by atomic mass is 32.2. The van der Waals surface area contributed by atoms with E-state index >= 15 is 0 Å². The van der Waals surface area contributed by atoms with Crippen LogP contribution in [0.15, 0.2) is 29.2 Å². The van der Waals surface area contributed by atoms with Crippen molar-refractivity contribution in [3.63, 3.8) is 0 Å². The lowest BCUT2D eigenvalue weighted by Gasteiger charge is -2.20. The van der Waals surface area contributed by atoms with Crippen LogP contribution in [0, 0.1) is 0 Å². The number of nitrogens with one attached hydrogen (secondary N) is 3. The van der Waals surface area contributed by atoms with Gasteiger partial charge in [0.1, 0.15) is 0 Å². The second-order valence-corrected chi connectivity index (χ2v) is 7.14. The molecule has 0 unspecified atom stereocenters. The van der Waals surface area contributed by atoms with E-state index in [0.717, 1.165) is 0 Å². The highest BCUT2D eigenvalue weighted by Gasteiger charge is 2.22. The van der Waals surface area contributed by atoms with Gasteiger partial charge in [0.05, 0.1) is 11.4 Å². The Kier molecular flexibility index (Phi) is 5.27. The lowest BCUT2D eigenvalue weighted by molar-refractivity contribution is -0.115. The molecule has 1 aromatic carbocycles. The number of hydrogen-bond acceptors (Lipinski definition) is 4. The minimum Gasteiger partial charge on any atom is -0.325 e. The van der Waals surface area contributed by atoms with E-state index in [1.54, 1.807) is 40.0 Å². The molecule has 0 aromatic heterocycles. The van der Waals surface area contributed by atoms with Gasteiger partial charge in [-0.1, -0.05) is 6.07 Å². The SMILES string of the molecule is CNCC(=O)Nc1cccc(S(=O)(=O)NC(C)(C)C)c1. The molecule has 0 fully saturated rings. The molecule has 112 valence electrons. The van der Waals surface area contributed by atoms with E-state index in [1.807, 2.05) is 0 Å². The second kappa shape index (κ2) is 6.34. The summed E-state index contributed by atoms with van der Waals surface area (Å²) >= 11 is 0. The Hall–Kier alpha value is -1.44. The average Bonchev–Trinajstić information content (AvgIpc) is 2.26. The van der Waals surface area contributed by atoms with E-state index < -0.39 is 15.6 Å². The van der Waals surface area contributed by atoms with Crippen LogP contribution in [-0.4, -0.2) is 33.5 Å². The van der Waals surface area contributed by atoms with E-state index in [9.17, 15) is 13.2 Å². The van der Waals surface area contributed by atoms with Crippen LogP contribution in [0.3, 0.4) is 0 Å². The normalized spacial score (nSPS) is 12.2. The number of rotatable bonds is 5. The van der Waals surface area contributed by atoms with Gasteiger partial charge in [-0.05, 0) is 46.0 Å². The number of amides is 1. The molecule has 3 N–H and O–H groups in total. The maximum absolute atomic E-state index is 12.2. The van der Waals surface area contributed by atoms with Crippen LogP contribution in [0.4, 0.5) is 5.69 Å². The van der Waals surface area contributed by atoms with Gasteiger partial charge in [-0.15, -0.1) is 0 Å². The standard InChI is InChI=1S/C13H21N3O3S/c1-13(2,3)16-20(18,19)11-7-5-6-10(8-11)15-12(17)9-14-4/h5-8,14,16H,9H2,1-4H3,(H,15,17). The zero-order valence-electron chi connectivity index (χ0n) is 12.1. The number of hydrogen-bond donors (Lipinski definition) is 3. The summed E-state index contributed by atoms with van der Waals surface area (Å²) in [6, 6.07) is 6.15. The molecule has 1 amide bonds. The van der Waals surface area contributed by atoms with Crippen LogP contribution < -0.4 is 15.4 Å². The molecule has 1 aromatic rings. The van der Waals surface area contributed by atoms with E-state index in [1.165, 1.54) is 12.1 Å². The van der Waals surface area contributed by atoms with E-state index in [0.29, 0.717) is 5.69 Å². The van der Waals surface area contributed by atoms with Gasteiger partial charge < -0.3 is 10.6 Å². The minimum absolute atomic E-state index is 0.120. The minimum atomic E-state index is -3.61. The molecule has 0 aliphatic rings. The molecule has 0 atom stereocenters. The van der Waals surface area contributed by atoms with Crippen molar-refractivity contribution in [2.45, 2.75) is 31.2 Å². The third-order valence-corrected chi connectivity index (χ3v) is 3.96. The van der Waals surface area contributed by atoms with Crippen molar-refractivity contribution in [3.8, 4) is 0 Å². The average molecular weight is 299 g/mol. The maximum Gasteiger partial charge on any atom is 0.241 e. The summed E-state index contributed by atoms with van der Waals surface area (Å²) in [5.74, 6) is -0.231. The molecular weight excluding hydrogens is 278 g/mol. The molecule has 0 radical (unpaired) electrons. The summed E-state index contributed by atoms with van der Waals surface area (Å²) in [7, 11) is -1.95. The van der Waals surface area contributed by atoms with Gasteiger partial charge in [0.15, 0.2) is 0 Å². The Labute approximate surface area is 120 Å². The number of carbonyl (C=O) groups excluding carboxylic acids is 1. The molecule has 0 heterocycles. The number of anilines is 1. The molecule has 1 rings (SSSR count). The first-order chi connectivity index (χ1) is 9.14. The smallest absolute Gasteiger partial charge is 0.241 e. The van der Waals surface area contributed by atoms with Crippen LogP contribution in [-0.2, 0) is 14.8 Å². The summed E-state index contributed by atoms with van der Waals surface area (Å²) < 4.78 is 26.9. The molecule has 6 nitrogen and oxygen atoms in total. The van der Waals surface area contributed by atoms with Crippen molar-refractivity contribution in [2.24, 2.45) is 0 Å². The molecule has 0 spiro atoms. The summed E-state index contributed by atoms with van der Waals surface area (Å²) in [6.07, 6.45) is 0. The molecule has 7 heteroatoms. The molecule has 0 saturated carbocycles. The molecule has 0 saturated heterocycles. The molecule has 0 bridgehead atoms. The van der Waals surface area contributed by atoms with Crippen LogP contribution in [0.1, 0.15) is 20.8 Å². The summed E-state index contributed by atoms with van der Waals surface area (Å²) in [4.78, 5) is 11.6. The summed E-state index contributed by atoms with van der Waals surface area (Å²) in [5.41, 5.74) is -0.119. The first kappa shape index (κ1) is 16.6. The Balaban J connectivity index is 2.96. The van der Waals surface area contributed by atoms with Crippen LogP contribution in [0.2, 0.25) is 0 Å². The Morgan fingerprint density at radius 1 is 1.25 bits per heavy atom.